The molecule has 0 saturated carbocycles. The number of rotatable bonds is 5. The highest BCUT2D eigenvalue weighted by Crippen LogP contribution is 2.19. The first-order valence-electron chi connectivity index (χ1n) is 10.0. The van der Waals surface area contributed by atoms with Crippen molar-refractivity contribution in [1.29, 1.82) is 0 Å². The van der Waals surface area contributed by atoms with Gasteiger partial charge >= 0.3 is 5.97 Å². The molecule has 1 fully saturated rings. The molecule has 0 bridgehead atoms. The Morgan fingerprint density at radius 1 is 0.774 bits per heavy atom. The van der Waals surface area contributed by atoms with Crippen LogP contribution >= 0.6 is 11.3 Å². The van der Waals surface area contributed by atoms with Gasteiger partial charge in [-0.15, -0.1) is 11.3 Å². The number of benzene rings is 2. The fraction of sp³-hybridized carbons (Fsp3) is 0.208. The molecule has 1 aromatic heterocycles. The second-order valence-corrected chi connectivity index (χ2v) is 8.12. The molecule has 2 amide bonds. The van der Waals surface area contributed by atoms with E-state index in [-0.39, 0.29) is 18.4 Å². The van der Waals surface area contributed by atoms with E-state index in [1.807, 2.05) is 53.9 Å². The van der Waals surface area contributed by atoms with Crippen LogP contribution < -0.4 is 0 Å². The third kappa shape index (κ3) is 5.00. The first-order valence-corrected chi connectivity index (χ1v) is 10.9. The van der Waals surface area contributed by atoms with Crippen molar-refractivity contribution in [1.82, 2.24) is 9.80 Å². The summed E-state index contributed by atoms with van der Waals surface area (Å²) in [5.41, 5.74) is 2.47. The number of ether oxygens (including phenoxy) is 1. The number of thiophene rings is 1. The Kier molecular flexibility index (Phi) is 6.43. The van der Waals surface area contributed by atoms with E-state index in [9.17, 15) is 14.4 Å². The second kappa shape index (κ2) is 9.57. The zero-order valence-corrected chi connectivity index (χ0v) is 17.7. The third-order valence-electron chi connectivity index (χ3n) is 5.21. The summed E-state index contributed by atoms with van der Waals surface area (Å²) < 4.78 is 5.21. The molecule has 31 heavy (non-hydrogen) atoms. The summed E-state index contributed by atoms with van der Waals surface area (Å²) in [4.78, 5) is 41.2. The molecule has 4 rings (SSSR count). The monoisotopic (exact) mass is 434 g/mol. The lowest BCUT2D eigenvalue weighted by Gasteiger charge is -2.34. The summed E-state index contributed by atoms with van der Waals surface area (Å²) in [7, 11) is 0. The summed E-state index contributed by atoms with van der Waals surface area (Å²) in [5.74, 6) is -0.788. The topological polar surface area (TPSA) is 66.9 Å². The molecule has 0 unspecified atom stereocenters. The van der Waals surface area contributed by atoms with E-state index in [1.165, 1.54) is 11.3 Å². The van der Waals surface area contributed by atoms with Crippen molar-refractivity contribution in [3.05, 3.63) is 82.6 Å². The molecular formula is C24H22N2O4S. The van der Waals surface area contributed by atoms with Crippen LogP contribution in [0.1, 0.15) is 20.0 Å². The summed E-state index contributed by atoms with van der Waals surface area (Å²) in [6.45, 7) is 1.49. The fourth-order valence-corrected chi connectivity index (χ4v) is 4.14. The van der Waals surface area contributed by atoms with E-state index in [0.29, 0.717) is 36.6 Å². The Hall–Kier alpha value is -3.45. The van der Waals surface area contributed by atoms with E-state index in [0.717, 1.165) is 11.1 Å². The SMILES string of the molecule is O=C(OCC(=O)N1CCN(C(=O)c2cccs2)CC1)c1ccc(-c2ccccc2)cc1. The summed E-state index contributed by atoms with van der Waals surface area (Å²) in [6, 6.07) is 20.6. The van der Waals surface area contributed by atoms with E-state index >= 15 is 0 Å². The number of hydrogen-bond acceptors (Lipinski definition) is 5. The molecule has 0 aliphatic carbocycles. The van der Waals surface area contributed by atoms with Crippen LogP contribution in [0.15, 0.2) is 72.1 Å². The first-order chi connectivity index (χ1) is 15.1. The molecule has 2 heterocycles. The summed E-state index contributed by atoms with van der Waals surface area (Å²) in [5, 5.41) is 1.87. The average Bonchev–Trinajstić information content (AvgIpc) is 3.38. The van der Waals surface area contributed by atoms with Crippen molar-refractivity contribution in [3.8, 4) is 11.1 Å². The van der Waals surface area contributed by atoms with Crippen LogP contribution in [0.25, 0.3) is 11.1 Å². The standard InChI is InChI=1S/C24H22N2O4S/c27-22(25-12-14-26(15-13-25)23(28)21-7-4-16-31-21)17-30-24(29)20-10-8-19(9-11-20)18-5-2-1-3-6-18/h1-11,16H,12-15,17H2. The smallest absolute Gasteiger partial charge is 0.338 e. The Bertz CT molecular complexity index is 1040. The van der Waals surface area contributed by atoms with Crippen molar-refractivity contribution < 1.29 is 19.1 Å². The van der Waals surface area contributed by atoms with Crippen LogP contribution in [0.2, 0.25) is 0 Å². The maximum absolute atomic E-state index is 12.4. The summed E-state index contributed by atoms with van der Waals surface area (Å²) in [6.07, 6.45) is 0. The number of amides is 2. The Morgan fingerprint density at radius 3 is 2.06 bits per heavy atom. The number of esters is 1. The minimum absolute atomic E-state index is 0.00697. The molecule has 3 aromatic rings. The largest absolute Gasteiger partial charge is 0.452 e. The first kappa shape index (κ1) is 20.8. The van der Waals surface area contributed by atoms with Crippen LogP contribution in [-0.2, 0) is 9.53 Å². The highest BCUT2D eigenvalue weighted by Gasteiger charge is 2.25. The molecular weight excluding hydrogens is 412 g/mol. The van der Waals surface area contributed by atoms with Gasteiger partial charge in [-0.25, -0.2) is 4.79 Å². The van der Waals surface area contributed by atoms with Crippen molar-refractivity contribution in [2.75, 3.05) is 32.8 Å². The number of hydrogen-bond donors (Lipinski definition) is 0. The lowest BCUT2D eigenvalue weighted by molar-refractivity contribution is -0.136. The molecule has 1 saturated heterocycles. The van der Waals surface area contributed by atoms with Crippen molar-refractivity contribution in [2.24, 2.45) is 0 Å². The lowest BCUT2D eigenvalue weighted by atomic mass is 10.0. The van der Waals surface area contributed by atoms with E-state index in [2.05, 4.69) is 0 Å². The van der Waals surface area contributed by atoms with E-state index in [1.54, 1.807) is 28.0 Å². The van der Waals surface area contributed by atoms with Crippen LogP contribution in [0.3, 0.4) is 0 Å². The van der Waals surface area contributed by atoms with Crippen molar-refractivity contribution >= 4 is 29.1 Å². The number of carbonyl (C=O) groups excluding carboxylic acids is 3. The third-order valence-corrected chi connectivity index (χ3v) is 6.06. The predicted molar refractivity (Wildman–Crippen MR) is 119 cm³/mol. The van der Waals surface area contributed by atoms with Crippen LogP contribution in [-0.4, -0.2) is 60.4 Å². The van der Waals surface area contributed by atoms with Crippen molar-refractivity contribution in [3.63, 3.8) is 0 Å². The van der Waals surface area contributed by atoms with Gasteiger partial charge < -0.3 is 14.5 Å². The maximum atomic E-state index is 12.4. The van der Waals surface area contributed by atoms with Gasteiger partial charge in [0.1, 0.15) is 0 Å². The average molecular weight is 435 g/mol. The van der Waals surface area contributed by atoms with Gasteiger partial charge in [0.2, 0.25) is 0 Å². The molecule has 0 atom stereocenters. The maximum Gasteiger partial charge on any atom is 0.338 e. The van der Waals surface area contributed by atoms with Gasteiger partial charge in [0.15, 0.2) is 6.61 Å². The highest BCUT2D eigenvalue weighted by molar-refractivity contribution is 7.12. The van der Waals surface area contributed by atoms with Crippen molar-refractivity contribution in [2.45, 2.75) is 0 Å². The lowest BCUT2D eigenvalue weighted by Crippen LogP contribution is -2.51. The number of piperazine rings is 1. The quantitative estimate of drug-likeness (QED) is 0.576. The van der Waals surface area contributed by atoms with Crippen LogP contribution in [0.5, 0.6) is 0 Å². The minimum atomic E-state index is -0.528. The Labute approximate surface area is 184 Å². The van der Waals surface area contributed by atoms with Gasteiger partial charge in [0, 0.05) is 26.2 Å². The van der Waals surface area contributed by atoms with E-state index in [4.69, 9.17) is 4.74 Å². The molecule has 1 aliphatic rings. The van der Waals surface area contributed by atoms with Gasteiger partial charge in [-0.1, -0.05) is 48.5 Å². The molecule has 7 heteroatoms. The Morgan fingerprint density at radius 2 is 1.42 bits per heavy atom. The molecule has 0 spiro atoms. The zero-order valence-electron chi connectivity index (χ0n) is 16.9. The molecule has 1 aliphatic heterocycles. The normalized spacial score (nSPS) is 13.7. The molecule has 0 N–H and O–H groups in total. The second-order valence-electron chi connectivity index (χ2n) is 7.17. The predicted octanol–water partition coefficient (Wildman–Crippen LogP) is 3.56. The number of carbonyl (C=O) groups is 3. The minimum Gasteiger partial charge on any atom is -0.452 e. The zero-order chi connectivity index (χ0) is 21.6. The van der Waals surface area contributed by atoms with Crippen LogP contribution in [0, 0.1) is 0 Å². The van der Waals surface area contributed by atoms with Gasteiger partial charge in [0.05, 0.1) is 10.4 Å². The molecule has 6 nitrogen and oxygen atoms in total. The fourth-order valence-electron chi connectivity index (χ4n) is 3.45. The summed E-state index contributed by atoms with van der Waals surface area (Å²) >= 11 is 1.41. The van der Waals surface area contributed by atoms with Gasteiger partial charge in [-0.05, 0) is 34.7 Å². The molecule has 2 aromatic carbocycles. The number of nitrogens with zero attached hydrogens (tertiary/aromatic N) is 2. The molecule has 0 radical (unpaired) electrons. The Balaban J connectivity index is 1.25. The van der Waals surface area contributed by atoms with Gasteiger partial charge in [-0.2, -0.15) is 0 Å². The highest BCUT2D eigenvalue weighted by atomic mass is 32.1. The van der Waals surface area contributed by atoms with Gasteiger partial charge in [0.25, 0.3) is 11.8 Å². The molecule has 158 valence electrons. The van der Waals surface area contributed by atoms with Crippen LogP contribution in [0.4, 0.5) is 0 Å². The van der Waals surface area contributed by atoms with Gasteiger partial charge in [-0.3, -0.25) is 9.59 Å². The van der Waals surface area contributed by atoms with E-state index < -0.39 is 5.97 Å².